The van der Waals surface area contributed by atoms with Crippen molar-refractivity contribution < 1.29 is 5.11 Å². The number of aliphatic hydroxyl groups excluding tert-OH is 1. The van der Waals surface area contributed by atoms with E-state index in [2.05, 4.69) is 25.8 Å². The van der Waals surface area contributed by atoms with Crippen LogP contribution in [-0.2, 0) is 0 Å². The number of nitrogens with zero attached hydrogens (tertiary/aromatic N) is 1. The van der Waals surface area contributed by atoms with Crippen molar-refractivity contribution in [3.05, 3.63) is 23.9 Å². The summed E-state index contributed by atoms with van der Waals surface area (Å²) in [5, 5.41) is 10.6. The van der Waals surface area contributed by atoms with E-state index in [1.54, 1.807) is 18.0 Å². The minimum atomic E-state index is -0.383. The SMILES string of the molecule is CCC(O)c1ccc(SC(C)(C)C)nc1. The molecule has 0 aromatic carbocycles. The maximum absolute atomic E-state index is 9.61. The summed E-state index contributed by atoms with van der Waals surface area (Å²) in [6.45, 7) is 8.44. The molecule has 1 aromatic heterocycles. The topological polar surface area (TPSA) is 33.1 Å². The maximum Gasteiger partial charge on any atom is 0.0965 e. The van der Waals surface area contributed by atoms with Crippen LogP contribution in [0.5, 0.6) is 0 Å². The first kappa shape index (κ1) is 12.5. The van der Waals surface area contributed by atoms with E-state index >= 15 is 0 Å². The minimum absolute atomic E-state index is 0.178. The lowest BCUT2D eigenvalue weighted by Crippen LogP contribution is -2.07. The Hall–Kier alpha value is -0.540. The van der Waals surface area contributed by atoms with Crippen molar-refractivity contribution in [2.24, 2.45) is 0 Å². The van der Waals surface area contributed by atoms with Crippen molar-refractivity contribution in [3.63, 3.8) is 0 Å². The average molecular weight is 225 g/mol. The van der Waals surface area contributed by atoms with Crippen LogP contribution in [0.4, 0.5) is 0 Å². The molecule has 1 heterocycles. The summed E-state index contributed by atoms with van der Waals surface area (Å²) in [5.74, 6) is 0. The van der Waals surface area contributed by atoms with Crippen LogP contribution < -0.4 is 0 Å². The van der Waals surface area contributed by atoms with Gasteiger partial charge in [0.15, 0.2) is 0 Å². The summed E-state index contributed by atoms with van der Waals surface area (Å²) < 4.78 is 0.178. The number of aliphatic hydroxyl groups is 1. The summed E-state index contributed by atoms with van der Waals surface area (Å²) in [6, 6.07) is 3.93. The molecule has 0 saturated carbocycles. The van der Waals surface area contributed by atoms with Gasteiger partial charge in [-0.15, -0.1) is 11.8 Å². The second-order valence-corrected chi connectivity index (χ2v) is 6.42. The van der Waals surface area contributed by atoms with E-state index in [1.165, 1.54) is 0 Å². The van der Waals surface area contributed by atoms with Crippen LogP contribution in [0.2, 0.25) is 0 Å². The Morgan fingerprint density at radius 1 is 1.40 bits per heavy atom. The molecule has 0 fully saturated rings. The molecule has 1 rings (SSSR count). The summed E-state index contributed by atoms with van der Waals surface area (Å²) in [6.07, 6.45) is 2.11. The lowest BCUT2D eigenvalue weighted by molar-refractivity contribution is 0.173. The van der Waals surface area contributed by atoms with Crippen molar-refractivity contribution in [1.29, 1.82) is 0 Å². The number of thioether (sulfide) groups is 1. The number of rotatable bonds is 3. The molecule has 84 valence electrons. The lowest BCUT2D eigenvalue weighted by Gasteiger charge is -2.17. The first-order chi connectivity index (χ1) is 6.92. The van der Waals surface area contributed by atoms with E-state index in [-0.39, 0.29) is 10.9 Å². The molecule has 15 heavy (non-hydrogen) atoms. The van der Waals surface area contributed by atoms with Gasteiger partial charge in [0.2, 0.25) is 0 Å². The second kappa shape index (κ2) is 4.99. The van der Waals surface area contributed by atoms with E-state index < -0.39 is 0 Å². The van der Waals surface area contributed by atoms with Gasteiger partial charge in [-0.1, -0.05) is 33.8 Å². The molecule has 3 heteroatoms. The molecule has 0 aliphatic heterocycles. The van der Waals surface area contributed by atoms with Gasteiger partial charge in [0.25, 0.3) is 0 Å². The minimum Gasteiger partial charge on any atom is -0.388 e. The first-order valence-corrected chi connectivity index (χ1v) is 6.07. The highest BCUT2D eigenvalue weighted by Gasteiger charge is 2.13. The fourth-order valence-electron chi connectivity index (χ4n) is 1.20. The summed E-state index contributed by atoms with van der Waals surface area (Å²) in [5.41, 5.74) is 0.899. The Bertz CT molecular complexity index is 302. The Kier molecular flexibility index (Phi) is 4.17. The fourth-order valence-corrected chi connectivity index (χ4v) is 2.07. The predicted molar refractivity (Wildman–Crippen MR) is 65.1 cm³/mol. The van der Waals surface area contributed by atoms with E-state index in [4.69, 9.17) is 0 Å². The quantitative estimate of drug-likeness (QED) is 0.800. The normalized spacial score (nSPS) is 13.9. The van der Waals surface area contributed by atoms with Gasteiger partial charge < -0.3 is 5.11 Å². The van der Waals surface area contributed by atoms with Crippen molar-refractivity contribution >= 4 is 11.8 Å². The highest BCUT2D eigenvalue weighted by atomic mass is 32.2. The molecule has 2 nitrogen and oxygen atoms in total. The highest BCUT2D eigenvalue weighted by molar-refractivity contribution is 8.00. The monoisotopic (exact) mass is 225 g/mol. The molecule has 0 saturated heterocycles. The van der Waals surface area contributed by atoms with Crippen molar-refractivity contribution in [2.45, 2.75) is 50.0 Å². The fraction of sp³-hybridized carbons (Fsp3) is 0.583. The summed E-state index contributed by atoms with van der Waals surface area (Å²) in [4.78, 5) is 4.34. The Morgan fingerprint density at radius 2 is 2.07 bits per heavy atom. The highest BCUT2D eigenvalue weighted by Crippen LogP contribution is 2.30. The third-order valence-corrected chi connectivity index (χ3v) is 3.00. The molecule has 0 bridgehead atoms. The zero-order valence-electron chi connectivity index (χ0n) is 9.82. The van der Waals surface area contributed by atoms with Gasteiger partial charge in [-0.3, -0.25) is 0 Å². The summed E-state index contributed by atoms with van der Waals surface area (Å²) >= 11 is 1.74. The summed E-state index contributed by atoms with van der Waals surface area (Å²) in [7, 11) is 0. The zero-order chi connectivity index (χ0) is 11.5. The number of hydrogen-bond donors (Lipinski definition) is 1. The number of pyridine rings is 1. The van der Waals surface area contributed by atoms with Crippen molar-refractivity contribution in [2.75, 3.05) is 0 Å². The van der Waals surface area contributed by atoms with Crippen LogP contribution in [0.15, 0.2) is 23.4 Å². The van der Waals surface area contributed by atoms with E-state index in [0.717, 1.165) is 17.0 Å². The third kappa shape index (κ3) is 4.22. The van der Waals surface area contributed by atoms with Gasteiger partial charge >= 0.3 is 0 Å². The van der Waals surface area contributed by atoms with Gasteiger partial charge in [0.1, 0.15) is 0 Å². The standard InChI is InChI=1S/C12H19NOS/c1-5-10(14)9-6-7-11(13-8-9)15-12(2,3)4/h6-8,10,14H,5H2,1-4H3. The van der Waals surface area contributed by atoms with E-state index in [0.29, 0.717) is 0 Å². The maximum atomic E-state index is 9.61. The van der Waals surface area contributed by atoms with E-state index in [9.17, 15) is 5.11 Å². The van der Waals surface area contributed by atoms with Crippen LogP contribution in [0, 0.1) is 0 Å². The smallest absolute Gasteiger partial charge is 0.0965 e. The average Bonchev–Trinajstić information content (AvgIpc) is 2.15. The van der Waals surface area contributed by atoms with Crippen LogP contribution in [0.1, 0.15) is 45.8 Å². The van der Waals surface area contributed by atoms with Crippen LogP contribution >= 0.6 is 11.8 Å². The van der Waals surface area contributed by atoms with Gasteiger partial charge in [0, 0.05) is 10.9 Å². The number of aromatic nitrogens is 1. The second-order valence-electron chi connectivity index (χ2n) is 4.57. The predicted octanol–water partition coefficient (Wildman–Crippen LogP) is 3.42. The Morgan fingerprint density at radius 3 is 2.47 bits per heavy atom. The molecule has 0 amide bonds. The molecule has 1 aromatic rings. The van der Waals surface area contributed by atoms with Gasteiger partial charge in [-0.2, -0.15) is 0 Å². The lowest BCUT2D eigenvalue weighted by atomic mass is 10.1. The van der Waals surface area contributed by atoms with Crippen LogP contribution in [-0.4, -0.2) is 14.8 Å². The Labute approximate surface area is 96.1 Å². The molecule has 0 aliphatic carbocycles. The molecule has 1 unspecified atom stereocenters. The van der Waals surface area contributed by atoms with Gasteiger partial charge in [-0.05, 0) is 18.1 Å². The van der Waals surface area contributed by atoms with Gasteiger partial charge in [-0.25, -0.2) is 4.98 Å². The van der Waals surface area contributed by atoms with Crippen molar-refractivity contribution in [1.82, 2.24) is 4.98 Å². The molecular weight excluding hydrogens is 206 g/mol. The molecule has 0 spiro atoms. The number of hydrogen-bond acceptors (Lipinski definition) is 3. The van der Waals surface area contributed by atoms with Crippen LogP contribution in [0.25, 0.3) is 0 Å². The molecule has 0 radical (unpaired) electrons. The third-order valence-electron chi connectivity index (χ3n) is 1.94. The first-order valence-electron chi connectivity index (χ1n) is 5.25. The largest absolute Gasteiger partial charge is 0.388 e. The zero-order valence-corrected chi connectivity index (χ0v) is 10.6. The van der Waals surface area contributed by atoms with Gasteiger partial charge in [0.05, 0.1) is 11.1 Å². The van der Waals surface area contributed by atoms with Crippen molar-refractivity contribution in [3.8, 4) is 0 Å². The molecular formula is C12H19NOS. The molecule has 0 aliphatic rings. The van der Waals surface area contributed by atoms with E-state index in [1.807, 2.05) is 19.1 Å². The molecule has 1 N–H and O–H groups in total. The molecule has 1 atom stereocenters. The Balaban J connectivity index is 2.72. The van der Waals surface area contributed by atoms with Crippen LogP contribution in [0.3, 0.4) is 0 Å².